The molecule has 0 aliphatic carbocycles. The molecular weight excluding hydrogens is 597 g/mol. The third-order valence-corrected chi connectivity index (χ3v) is 7.76. The Labute approximate surface area is 264 Å². The number of aromatic nitrogens is 6. The van der Waals surface area contributed by atoms with Gasteiger partial charge in [-0.15, -0.1) is 0 Å². The van der Waals surface area contributed by atoms with Crippen molar-refractivity contribution in [3.8, 4) is 16.9 Å². The largest absolute Gasteiger partial charge is 0.370 e. The lowest BCUT2D eigenvalue weighted by Crippen LogP contribution is -2.26. The van der Waals surface area contributed by atoms with Crippen molar-refractivity contribution in [3.63, 3.8) is 0 Å². The van der Waals surface area contributed by atoms with Gasteiger partial charge in [0.15, 0.2) is 11.8 Å². The van der Waals surface area contributed by atoms with Gasteiger partial charge in [-0.3, -0.25) is 9.56 Å². The van der Waals surface area contributed by atoms with Gasteiger partial charge in [-0.2, -0.15) is 20.4 Å². The third kappa shape index (κ3) is 8.12. The Bertz CT molecular complexity index is 1810. The molecule has 14 heteroatoms. The highest BCUT2D eigenvalue weighted by molar-refractivity contribution is 6.31. The summed E-state index contributed by atoms with van der Waals surface area (Å²) in [5.74, 6) is -0.465. The highest BCUT2D eigenvalue weighted by Gasteiger charge is 2.17. The molecule has 9 N–H and O–H groups in total. The van der Waals surface area contributed by atoms with Crippen molar-refractivity contribution in [2.24, 2.45) is 22.2 Å². The zero-order valence-corrected chi connectivity index (χ0v) is 25.7. The molecule has 0 aliphatic heterocycles. The molecule has 3 heterocycles. The average molecular weight is 634 g/mol. The highest BCUT2D eigenvalue weighted by atomic mass is 35.5. The van der Waals surface area contributed by atoms with Crippen LogP contribution >= 0.6 is 11.6 Å². The van der Waals surface area contributed by atoms with E-state index in [0.717, 1.165) is 42.5 Å². The number of nitrogens with zero attached hydrogens (tertiary/aromatic N) is 5. The van der Waals surface area contributed by atoms with Crippen molar-refractivity contribution in [3.05, 3.63) is 93.0 Å². The molecule has 2 atom stereocenters. The first-order valence-corrected chi connectivity index (χ1v) is 15.2. The second-order valence-electron chi connectivity index (χ2n) is 11.1. The van der Waals surface area contributed by atoms with E-state index in [9.17, 15) is 4.79 Å². The van der Waals surface area contributed by atoms with Crippen LogP contribution in [0.25, 0.3) is 28.0 Å². The number of H-pyrrole nitrogens is 2. The van der Waals surface area contributed by atoms with Gasteiger partial charge < -0.3 is 27.5 Å². The number of nitrogens with two attached hydrogens (primary N) is 3. The van der Waals surface area contributed by atoms with Crippen molar-refractivity contribution in [2.45, 2.75) is 51.1 Å². The number of aromatic amines is 2. The van der Waals surface area contributed by atoms with Crippen LogP contribution < -0.4 is 28.2 Å². The minimum Gasteiger partial charge on any atom is -0.370 e. The van der Waals surface area contributed by atoms with Crippen LogP contribution in [0.15, 0.2) is 64.6 Å². The standard InChI is InChI=1S/C31H37ClFN11O/c1-18(34)4-2-5-19-12-24(28(33)25(32)13-19)27-14-21-17-44(31(45)41-29(21)40-27)23-8-6-20(7-9-23)26(15-22-16-39-43-42-22)37-10-3-11-38-30(35)36/h6-9,12-14,16-18,26,37H,2-5,10-11,15,34H2,1H3,(H4,35,36,38)(H,39,42,43)(H,40,41,45)/t18-,26-/m0/s1. The van der Waals surface area contributed by atoms with Crippen LogP contribution in [0.2, 0.25) is 5.02 Å². The third-order valence-electron chi connectivity index (χ3n) is 7.48. The second kappa shape index (κ2) is 14.5. The number of fused-ring (bicyclic) bond motifs is 1. The second-order valence-corrected chi connectivity index (χ2v) is 11.5. The summed E-state index contributed by atoms with van der Waals surface area (Å²) in [5, 5.41) is 15.0. The van der Waals surface area contributed by atoms with Crippen LogP contribution in [-0.4, -0.2) is 55.0 Å². The van der Waals surface area contributed by atoms with E-state index in [1.165, 1.54) is 4.57 Å². The van der Waals surface area contributed by atoms with Gasteiger partial charge in [-0.05, 0) is 80.6 Å². The Hall–Kier alpha value is -4.59. The molecule has 2 aromatic carbocycles. The van der Waals surface area contributed by atoms with E-state index < -0.39 is 11.5 Å². The number of benzene rings is 2. The topological polar surface area (TPSA) is 195 Å². The number of hydrogen-bond acceptors (Lipinski definition) is 7. The molecule has 5 rings (SSSR count). The van der Waals surface area contributed by atoms with Crippen LogP contribution in [0.4, 0.5) is 4.39 Å². The van der Waals surface area contributed by atoms with E-state index in [-0.39, 0.29) is 23.1 Å². The number of aliphatic imine (C=N–C) groups is 1. The summed E-state index contributed by atoms with van der Waals surface area (Å²) in [6.45, 7) is 3.16. The van der Waals surface area contributed by atoms with Gasteiger partial charge in [-0.1, -0.05) is 23.7 Å². The van der Waals surface area contributed by atoms with Crippen LogP contribution in [0, 0.1) is 5.82 Å². The number of aryl methyl sites for hydroxylation is 1. The fourth-order valence-electron chi connectivity index (χ4n) is 5.21. The molecule has 0 radical (unpaired) electrons. The Morgan fingerprint density at radius 3 is 2.69 bits per heavy atom. The lowest BCUT2D eigenvalue weighted by Gasteiger charge is -2.19. The first-order chi connectivity index (χ1) is 21.7. The van der Waals surface area contributed by atoms with Crippen molar-refractivity contribution < 1.29 is 4.39 Å². The normalized spacial score (nSPS) is 12.8. The van der Waals surface area contributed by atoms with Crippen molar-refractivity contribution >= 4 is 28.6 Å². The summed E-state index contributed by atoms with van der Waals surface area (Å²) in [7, 11) is 0. The van der Waals surface area contributed by atoms with Gasteiger partial charge in [0.1, 0.15) is 5.65 Å². The lowest BCUT2D eigenvalue weighted by atomic mass is 10.0. The monoisotopic (exact) mass is 633 g/mol. The van der Waals surface area contributed by atoms with Crippen LogP contribution in [0.3, 0.4) is 0 Å². The predicted octanol–water partition coefficient (Wildman–Crippen LogP) is 3.50. The van der Waals surface area contributed by atoms with Crippen molar-refractivity contribution in [1.29, 1.82) is 0 Å². The zero-order valence-electron chi connectivity index (χ0n) is 24.9. The van der Waals surface area contributed by atoms with Gasteiger partial charge in [-0.25, -0.2) is 9.18 Å². The molecule has 0 fully saturated rings. The Kier molecular flexibility index (Phi) is 10.2. The number of halogens is 2. The summed E-state index contributed by atoms with van der Waals surface area (Å²) in [4.78, 5) is 24.4. The van der Waals surface area contributed by atoms with Crippen molar-refractivity contribution in [1.82, 2.24) is 35.3 Å². The minimum atomic E-state index is -0.532. The molecule has 12 nitrogen and oxygen atoms in total. The van der Waals surface area contributed by atoms with Gasteiger partial charge in [0.05, 0.1) is 28.3 Å². The molecular formula is C31H37ClFN11O. The quantitative estimate of drug-likeness (QED) is 0.0607. The first-order valence-electron chi connectivity index (χ1n) is 14.8. The molecule has 0 spiro atoms. The van der Waals surface area contributed by atoms with Crippen molar-refractivity contribution in [2.75, 3.05) is 13.1 Å². The first kappa shape index (κ1) is 31.8. The van der Waals surface area contributed by atoms with E-state index in [2.05, 4.69) is 35.7 Å². The molecule has 236 valence electrons. The zero-order chi connectivity index (χ0) is 31.9. The fraction of sp³-hybridized carbons (Fsp3) is 0.323. The van der Waals surface area contributed by atoms with Gasteiger partial charge >= 0.3 is 5.69 Å². The van der Waals surface area contributed by atoms with E-state index in [1.807, 2.05) is 31.2 Å². The summed E-state index contributed by atoms with van der Waals surface area (Å²) in [6, 6.07) is 12.9. The van der Waals surface area contributed by atoms with E-state index in [0.29, 0.717) is 47.5 Å². The maximum atomic E-state index is 15.2. The SMILES string of the molecule is C[C@H](N)CCCc1cc(Cl)c(F)c(-c2cc3cn(-c4ccc([C@H](Cc5cn[nH]n5)NCCCN=C(N)N)cc4)c(=O)nc3[nH]2)c1. The summed E-state index contributed by atoms with van der Waals surface area (Å²) in [6.07, 6.45) is 7.17. The number of guanidine groups is 1. The highest BCUT2D eigenvalue weighted by Crippen LogP contribution is 2.31. The molecule has 3 aromatic heterocycles. The van der Waals surface area contributed by atoms with Gasteiger partial charge in [0.25, 0.3) is 0 Å². The van der Waals surface area contributed by atoms with Crippen LogP contribution in [0.1, 0.15) is 49.0 Å². The molecule has 0 saturated carbocycles. The summed E-state index contributed by atoms with van der Waals surface area (Å²) >= 11 is 6.26. The summed E-state index contributed by atoms with van der Waals surface area (Å²) in [5.41, 5.74) is 20.8. The molecule has 0 bridgehead atoms. The smallest absolute Gasteiger partial charge is 0.354 e. The van der Waals surface area contributed by atoms with E-state index in [4.69, 9.17) is 28.8 Å². The number of rotatable bonds is 14. The fourth-order valence-corrected chi connectivity index (χ4v) is 5.45. The Balaban J connectivity index is 1.38. The van der Waals surface area contributed by atoms with Crippen LogP contribution in [0.5, 0.6) is 0 Å². The maximum Gasteiger partial charge on any atom is 0.354 e. The molecule has 5 aromatic rings. The summed E-state index contributed by atoms with van der Waals surface area (Å²) < 4.78 is 16.6. The molecule has 0 amide bonds. The molecule has 0 unspecified atom stereocenters. The predicted molar refractivity (Wildman–Crippen MR) is 175 cm³/mol. The maximum absolute atomic E-state index is 15.2. The molecule has 45 heavy (non-hydrogen) atoms. The minimum absolute atomic E-state index is 0.0414. The van der Waals surface area contributed by atoms with E-state index >= 15 is 4.39 Å². The number of nitrogens with one attached hydrogen (secondary N) is 3. The van der Waals surface area contributed by atoms with Gasteiger partial charge in [0, 0.05) is 42.2 Å². The Morgan fingerprint density at radius 2 is 1.98 bits per heavy atom. The number of hydrogen-bond donors (Lipinski definition) is 6. The van der Waals surface area contributed by atoms with E-state index in [1.54, 1.807) is 30.6 Å². The molecule has 0 saturated heterocycles. The average Bonchev–Trinajstić information content (AvgIpc) is 3.67. The molecule has 0 aliphatic rings. The van der Waals surface area contributed by atoms with Crippen LogP contribution in [-0.2, 0) is 12.8 Å². The van der Waals surface area contributed by atoms with Gasteiger partial charge in [0.2, 0.25) is 0 Å². The Morgan fingerprint density at radius 1 is 1.18 bits per heavy atom. The lowest BCUT2D eigenvalue weighted by molar-refractivity contribution is 0.518.